The molecule has 8 nitrogen and oxygen atoms in total. The van der Waals surface area contributed by atoms with Crippen LogP contribution < -0.4 is 15.1 Å². The summed E-state index contributed by atoms with van der Waals surface area (Å²) >= 11 is 0.971. The van der Waals surface area contributed by atoms with Gasteiger partial charge in [0.15, 0.2) is 4.80 Å². The zero-order valence-corrected chi connectivity index (χ0v) is 19.0. The molecule has 0 aliphatic heterocycles. The van der Waals surface area contributed by atoms with Crippen molar-refractivity contribution in [2.75, 3.05) is 6.61 Å². The van der Waals surface area contributed by atoms with Crippen LogP contribution in [0.15, 0.2) is 34.2 Å². The number of aryl methyl sites for hydroxylation is 2. The Morgan fingerprint density at radius 3 is 2.73 bits per heavy atom. The number of benzene rings is 1. The highest BCUT2D eigenvalue weighted by Crippen LogP contribution is 2.33. The smallest absolute Gasteiger partial charge is 0.416 e. The summed E-state index contributed by atoms with van der Waals surface area (Å²) in [5.74, 6) is -1.08. The molecular formula is C21H23F3N4O4S. The first-order chi connectivity index (χ1) is 15.5. The summed E-state index contributed by atoms with van der Waals surface area (Å²) in [6, 6.07) is 2.50. The lowest BCUT2D eigenvalue weighted by Gasteiger charge is -2.13. The summed E-state index contributed by atoms with van der Waals surface area (Å²) in [4.78, 5) is 29.7. The molecule has 0 bridgehead atoms. The molecule has 0 aliphatic carbocycles. The van der Waals surface area contributed by atoms with Gasteiger partial charge in [0.1, 0.15) is 17.1 Å². The minimum absolute atomic E-state index is 0.128. The van der Waals surface area contributed by atoms with Crippen LogP contribution in [0, 0.1) is 0 Å². The van der Waals surface area contributed by atoms with Crippen LogP contribution in [0.2, 0.25) is 0 Å². The Balaban J connectivity index is 2.17. The lowest BCUT2D eigenvalue weighted by Crippen LogP contribution is -2.20. The summed E-state index contributed by atoms with van der Waals surface area (Å²) in [5, 5.41) is 13.5. The van der Waals surface area contributed by atoms with Gasteiger partial charge < -0.3 is 14.4 Å². The number of carbonyl (C=O) groups excluding carboxylic acids is 1. The fourth-order valence-corrected chi connectivity index (χ4v) is 4.12. The van der Waals surface area contributed by atoms with Crippen LogP contribution in [0.4, 0.5) is 13.2 Å². The van der Waals surface area contributed by atoms with E-state index in [0.29, 0.717) is 22.8 Å². The molecule has 33 heavy (non-hydrogen) atoms. The average molecular weight is 485 g/mol. The summed E-state index contributed by atoms with van der Waals surface area (Å²) in [5.41, 5.74) is -1.29. The number of ether oxygens (including phenoxy) is 1. The number of fused-ring (bicyclic) bond motifs is 1. The van der Waals surface area contributed by atoms with Crippen molar-refractivity contribution < 1.29 is 27.8 Å². The van der Waals surface area contributed by atoms with Gasteiger partial charge in [0.2, 0.25) is 0 Å². The number of hydrogen-bond donors (Lipinski definition) is 1. The third kappa shape index (κ3) is 5.50. The fourth-order valence-electron chi connectivity index (χ4n) is 3.02. The van der Waals surface area contributed by atoms with Gasteiger partial charge in [0.05, 0.1) is 28.9 Å². The van der Waals surface area contributed by atoms with Crippen molar-refractivity contribution in [2.24, 2.45) is 12.0 Å². The third-order valence-electron chi connectivity index (χ3n) is 4.74. The molecule has 0 aliphatic rings. The van der Waals surface area contributed by atoms with E-state index in [-0.39, 0.29) is 22.7 Å². The van der Waals surface area contributed by atoms with Crippen LogP contribution in [0.3, 0.4) is 0 Å². The molecule has 178 valence electrons. The number of rotatable bonds is 7. The SMILES string of the molecule is CCCCn1/c(=N/C(=O)c2cc(C(F)(F)F)ccc2OC[C@H](C)O)sc2c(=O)n(C)ncc21. The Morgan fingerprint density at radius 1 is 1.36 bits per heavy atom. The Labute approximate surface area is 190 Å². The van der Waals surface area contributed by atoms with Crippen molar-refractivity contribution in [1.82, 2.24) is 14.3 Å². The van der Waals surface area contributed by atoms with Crippen molar-refractivity contribution in [3.63, 3.8) is 0 Å². The molecule has 0 radical (unpaired) electrons. The Bertz CT molecular complexity index is 1290. The highest BCUT2D eigenvalue weighted by atomic mass is 32.1. The largest absolute Gasteiger partial charge is 0.490 e. The first kappa shape index (κ1) is 24.6. The molecule has 1 N–H and O–H groups in total. The van der Waals surface area contributed by atoms with Crippen LogP contribution in [0.1, 0.15) is 42.6 Å². The number of aromatic nitrogens is 3. The van der Waals surface area contributed by atoms with E-state index in [9.17, 15) is 27.9 Å². The minimum atomic E-state index is -4.67. The lowest BCUT2D eigenvalue weighted by molar-refractivity contribution is -0.137. The van der Waals surface area contributed by atoms with E-state index in [1.807, 2.05) is 6.92 Å². The second-order valence-electron chi connectivity index (χ2n) is 7.46. The van der Waals surface area contributed by atoms with Gasteiger partial charge in [-0.3, -0.25) is 9.59 Å². The van der Waals surface area contributed by atoms with Crippen LogP contribution >= 0.6 is 11.3 Å². The van der Waals surface area contributed by atoms with Gasteiger partial charge >= 0.3 is 6.18 Å². The number of halogens is 3. The van der Waals surface area contributed by atoms with E-state index < -0.39 is 29.3 Å². The van der Waals surface area contributed by atoms with E-state index in [4.69, 9.17) is 4.74 Å². The van der Waals surface area contributed by atoms with E-state index in [0.717, 1.165) is 41.0 Å². The molecule has 0 spiro atoms. The van der Waals surface area contributed by atoms with Gasteiger partial charge in [-0.25, -0.2) is 4.68 Å². The molecule has 0 unspecified atom stereocenters. The van der Waals surface area contributed by atoms with Crippen molar-refractivity contribution in [3.05, 3.63) is 50.7 Å². The van der Waals surface area contributed by atoms with Crippen molar-refractivity contribution in [2.45, 2.75) is 45.5 Å². The second kappa shape index (κ2) is 9.87. The molecule has 3 aromatic rings. The maximum Gasteiger partial charge on any atom is 0.416 e. The van der Waals surface area contributed by atoms with Gasteiger partial charge in [0.25, 0.3) is 11.5 Å². The number of aliphatic hydroxyl groups excluding tert-OH is 1. The number of amides is 1. The predicted molar refractivity (Wildman–Crippen MR) is 116 cm³/mol. The van der Waals surface area contributed by atoms with Gasteiger partial charge in [-0.05, 0) is 31.5 Å². The molecule has 0 fully saturated rings. The standard InChI is InChI=1S/C21H23F3N4O4S/c1-4-5-8-28-15-10-25-27(3)19(31)17(15)33-20(28)26-18(30)14-9-13(21(22,23)24)6-7-16(14)32-11-12(2)29/h6-7,9-10,12,29H,4-5,8,11H2,1-3H3/b26-20-/t12-/m0/s1. The second-order valence-corrected chi connectivity index (χ2v) is 8.44. The lowest BCUT2D eigenvalue weighted by atomic mass is 10.1. The van der Waals surface area contributed by atoms with Gasteiger partial charge in [-0.2, -0.15) is 23.3 Å². The number of unbranched alkanes of at least 4 members (excludes halogenated alkanes) is 1. The molecule has 2 heterocycles. The molecule has 0 saturated carbocycles. The van der Waals surface area contributed by atoms with E-state index >= 15 is 0 Å². The summed E-state index contributed by atoms with van der Waals surface area (Å²) in [6.45, 7) is 3.65. The van der Waals surface area contributed by atoms with Crippen molar-refractivity contribution in [1.29, 1.82) is 0 Å². The Kier molecular flexibility index (Phi) is 7.38. The molecule has 1 atom stereocenters. The minimum Gasteiger partial charge on any atom is -0.490 e. The maximum atomic E-state index is 13.3. The Morgan fingerprint density at radius 2 is 2.09 bits per heavy atom. The van der Waals surface area contributed by atoms with Crippen molar-refractivity contribution >= 4 is 27.5 Å². The van der Waals surface area contributed by atoms with Crippen LogP contribution in [0.5, 0.6) is 5.75 Å². The normalized spacial score (nSPS) is 13.5. The molecule has 0 saturated heterocycles. The fraction of sp³-hybridized carbons (Fsp3) is 0.429. The molecule has 3 rings (SSSR count). The number of carbonyl (C=O) groups is 1. The molecular weight excluding hydrogens is 461 g/mol. The molecule has 12 heteroatoms. The monoisotopic (exact) mass is 484 g/mol. The van der Waals surface area contributed by atoms with Gasteiger partial charge in [-0.1, -0.05) is 24.7 Å². The van der Waals surface area contributed by atoms with Crippen LogP contribution in [-0.2, 0) is 19.8 Å². The number of thiazole rings is 1. The topological polar surface area (TPSA) is 98.7 Å². The number of alkyl halides is 3. The first-order valence-electron chi connectivity index (χ1n) is 10.2. The Hall–Kier alpha value is -2.99. The molecule has 1 aromatic carbocycles. The number of hydrogen-bond acceptors (Lipinski definition) is 6. The summed E-state index contributed by atoms with van der Waals surface area (Å²) in [6.07, 6.45) is -2.51. The third-order valence-corrected chi connectivity index (χ3v) is 5.82. The highest BCUT2D eigenvalue weighted by molar-refractivity contribution is 7.16. The number of nitrogens with zero attached hydrogens (tertiary/aromatic N) is 4. The first-order valence-corrected chi connectivity index (χ1v) is 11.0. The quantitative estimate of drug-likeness (QED) is 0.556. The average Bonchev–Trinajstić information content (AvgIpc) is 3.10. The van der Waals surface area contributed by atoms with Crippen molar-refractivity contribution in [3.8, 4) is 5.75 Å². The van der Waals surface area contributed by atoms with E-state index in [2.05, 4.69) is 10.1 Å². The zero-order chi connectivity index (χ0) is 24.3. The zero-order valence-electron chi connectivity index (χ0n) is 18.2. The summed E-state index contributed by atoms with van der Waals surface area (Å²) in [7, 11) is 1.49. The summed E-state index contributed by atoms with van der Waals surface area (Å²) < 4.78 is 48.3. The number of aliphatic hydroxyl groups is 1. The van der Waals surface area contributed by atoms with Gasteiger partial charge in [-0.15, -0.1) is 0 Å². The van der Waals surface area contributed by atoms with Crippen LogP contribution in [0.25, 0.3) is 10.2 Å². The maximum absolute atomic E-state index is 13.3. The van der Waals surface area contributed by atoms with Crippen LogP contribution in [-0.4, -0.2) is 38.1 Å². The predicted octanol–water partition coefficient (Wildman–Crippen LogP) is 3.12. The van der Waals surface area contributed by atoms with Gasteiger partial charge in [0, 0.05) is 13.6 Å². The van der Waals surface area contributed by atoms with E-state index in [1.54, 1.807) is 4.57 Å². The van der Waals surface area contributed by atoms with E-state index in [1.165, 1.54) is 20.2 Å². The molecule has 1 amide bonds. The molecule has 2 aromatic heterocycles. The highest BCUT2D eigenvalue weighted by Gasteiger charge is 2.32.